The number of ether oxygens (including phenoxy) is 1. The number of anilines is 1. The maximum absolute atomic E-state index is 11.6. The largest absolute Gasteiger partial charge is 0.495 e. The van der Waals surface area contributed by atoms with Crippen molar-refractivity contribution in [2.45, 2.75) is 0 Å². The van der Waals surface area contributed by atoms with Gasteiger partial charge in [-0.05, 0) is 19.2 Å². The lowest BCUT2D eigenvalue weighted by Crippen LogP contribution is -2.24. The maximum Gasteiger partial charge on any atom is 0.234 e. The average Bonchev–Trinajstić information content (AvgIpc) is 2.27. The predicted octanol–water partition coefficient (Wildman–Crippen LogP) is 0.656. The molecule has 90 valence electrons. The van der Waals surface area contributed by atoms with Gasteiger partial charge in [0.05, 0.1) is 18.6 Å². The lowest BCUT2D eigenvalue weighted by atomic mass is 10.3. The predicted molar refractivity (Wildman–Crippen MR) is 64.3 cm³/mol. The van der Waals surface area contributed by atoms with E-state index in [1.54, 1.807) is 31.3 Å². The van der Waals surface area contributed by atoms with E-state index in [0.717, 1.165) is 0 Å². The topological polar surface area (TPSA) is 67.4 Å². The molecule has 5 nitrogen and oxygen atoms in total. The summed E-state index contributed by atoms with van der Waals surface area (Å²) in [6.45, 7) is 0.407. The Morgan fingerprint density at radius 3 is 2.62 bits per heavy atom. The van der Waals surface area contributed by atoms with Gasteiger partial charge >= 0.3 is 0 Å². The number of methoxy groups -OCH3 is 1. The minimum atomic E-state index is -3.32. The van der Waals surface area contributed by atoms with Crippen LogP contribution in [-0.4, -0.2) is 34.9 Å². The zero-order valence-electron chi connectivity index (χ0n) is 9.36. The fourth-order valence-electron chi connectivity index (χ4n) is 1.18. The third-order valence-corrected chi connectivity index (χ3v) is 3.27. The molecule has 0 aliphatic heterocycles. The van der Waals surface area contributed by atoms with Crippen LogP contribution in [0, 0.1) is 0 Å². The van der Waals surface area contributed by atoms with Crippen molar-refractivity contribution in [3.05, 3.63) is 24.3 Å². The number of hydrogen-bond donors (Lipinski definition) is 2. The maximum atomic E-state index is 11.6. The fraction of sp³-hybridized carbons (Fsp3) is 0.400. The first kappa shape index (κ1) is 12.8. The summed E-state index contributed by atoms with van der Waals surface area (Å²) >= 11 is 0. The summed E-state index contributed by atoms with van der Waals surface area (Å²) < 4.78 is 30.8. The highest BCUT2D eigenvalue weighted by atomic mass is 32.2. The van der Waals surface area contributed by atoms with Crippen LogP contribution < -0.4 is 14.8 Å². The molecule has 0 saturated carbocycles. The second-order valence-corrected chi connectivity index (χ2v) is 5.07. The van der Waals surface area contributed by atoms with Crippen molar-refractivity contribution in [3.8, 4) is 5.75 Å². The third-order valence-electron chi connectivity index (χ3n) is 1.99. The minimum Gasteiger partial charge on any atom is -0.495 e. The lowest BCUT2D eigenvalue weighted by Gasteiger charge is -2.11. The van der Waals surface area contributed by atoms with Crippen LogP contribution in [0.25, 0.3) is 0 Å². The third kappa shape index (κ3) is 3.71. The van der Waals surface area contributed by atoms with E-state index >= 15 is 0 Å². The molecule has 0 aromatic heterocycles. The van der Waals surface area contributed by atoms with Crippen molar-refractivity contribution in [3.63, 3.8) is 0 Å². The summed E-state index contributed by atoms with van der Waals surface area (Å²) in [5, 5.41) is 2.79. The van der Waals surface area contributed by atoms with E-state index in [1.807, 2.05) is 0 Å². The fourth-order valence-corrected chi connectivity index (χ4v) is 2.26. The molecule has 0 spiro atoms. The highest BCUT2D eigenvalue weighted by Gasteiger charge is 2.12. The first-order valence-electron chi connectivity index (χ1n) is 4.87. The van der Waals surface area contributed by atoms with Crippen LogP contribution >= 0.6 is 0 Å². The van der Waals surface area contributed by atoms with E-state index < -0.39 is 10.0 Å². The minimum absolute atomic E-state index is 0.0293. The monoisotopic (exact) mass is 244 g/mol. The van der Waals surface area contributed by atoms with Crippen molar-refractivity contribution in [2.24, 2.45) is 0 Å². The zero-order chi connectivity index (χ0) is 12.0. The summed E-state index contributed by atoms with van der Waals surface area (Å²) in [6.07, 6.45) is 0. The molecule has 6 heteroatoms. The average molecular weight is 244 g/mol. The molecule has 0 saturated heterocycles. The van der Waals surface area contributed by atoms with E-state index in [0.29, 0.717) is 18.0 Å². The van der Waals surface area contributed by atoms with Crippen molar-refractivity contribution in [2.75, 3.05) is 31.2 Å². The van der Waals surface area contributed by atoms with Gasteiger partial charge in [0.2, 0.25) is 10.0 Å². The molecule has 0 unspecified atom stereocenters. The lowest BCUT2D eigenvalue weighted by molar-refractivity contribution is 0.417. The Morgan fingerprint density at radius 2 is 2.00 bits per heavy atom. The van der Waals surface area contributed by atoms with Crippen LogP contribution in [0.1, 0.15) is 0 Å². The summed E-state index contributed by atoms with van der Waals surface area (Å²) in [6, 6.07) is 6.90. The van der Waals surface area contributed by atoms with Crippen LogP contribution in [0.3, 0.4) is 0 Å². The molecular weight excluding hydrogens is 228 g/mol. The van der Waals surface area contributed by atoms with Crippen LogP contribution in [0.4, 0.5) is 5.69 Å². The highest BCUT2D eigenvalue weighted by Crippen LogP contribution is 2.23. The molecule has 0 atom stereocenters. The standard InChI is InChI=1S/C10H16N2O3S/c1-11-7-8-16(13,14)12-9-5-3-4-6-10(9)15-2/h3-6,11-12H,7-8H2,1-2H3. The Labute approximate surface area is 95.9 Å². The SMILES string of the molecule is CNCCS(=O)(=O)Nc1ccccc1OC. The van der Waals surface area contributed by atoms with E-state index in [1.165, 1.54) is 7.11 Å². The van der Waals surface area contributed by atoms with Crippen LogP contribution in [0.2, 0.25) is 0 Å². The second kappa shape index (κ2) is 5.72. The van der Waals surface area contributed by atoms with Gasteiger partial charge < -0.3 is 10.1 Å². The molecule has 1 aromatic rings. The van der Waals surface area contributed by atoms with Gasteiger partial charge in [0.1, 0.15) is 5.75 Å². The number of benzene rings is 1. The van der Waals surface area contributed by atoms with Crippen LogP contribution in [0.5, 0.6) is 5.75 Å². The van der Waals surface area contributed by atoms with Gasteiger partial charge in [-0.3, -0.25) is 4.72 Å². The second-order valence-electron chi connectivity index (χ2n) is 3.22. The Kier molecular flexibility index (Phi) is 4.57. The van der Waals surface area contributed by atoms with Gasteiger partial charge in [-0.2, -0.15) is 0 Å². The van der Waals surface area contributed by atoms with Gasteiger partial charge in [-0.15, -0.1) is 0 Å². The quantitative estimate of drug-likeness (QED) is 0.771. The molecule has 0 amide bonds. The van der Waals surface area contributed by atoms with Crippen molar-refractivity contribution in [1.82, 2.24) is 5.32 Å². The molecule has 0 aliphatic rings. The first-order valence-corrected chi connectivity index (χ1v) is 6.52. The molecule has 0 fully saturated rings. The van der Waals surface area contributed by atoms with E-state index in [9.17, 15) is 8.42 Å². The first-order chi connectivity index (χ1) is 7.59. The molecule has 0 radical (unpaired) electrons. The highest BCUT2D eigenvalue weighted by molar-refractivity contribution is 7.92. The molecule has 0 bridgehead atoms. The zero-order valence-corrected chi connectivity index (χ0v) is 10.2. The number of nitrogens with one attached hydrogen (secondary N) is 2. The Balaban J connectivity index is 2.79. The van der Waals surface area contributed by atoms with Gasteiger partial charge in [0, 0.05) is 6.54 Å². The van der Waals surface area contributed by atoms with Gasteiger partial charge in [0.15, 0.2) is 0 Å². The van der Waals surface area contributed by atoms with Gasteiger partial charge in [-0.25, -0.2) is 8.42 Å². The Morgan fingerprint density at radius 1 is 1.31 bits per heavy atom. The number of hydrogen-bond acceptors (Lipinski definition) is 4. The van der Waals surface area contributed by atoms with E-state index in [2.05, 4.69) is 10.0 Å². The summed E-state index contributed by atoms with van der Waals surface area (Å²) in [4.78, 5) is 0. The smallest absolute Gasteiger partial charge is 0.234 e. The van der Waals surface area contributed by atoms with Crippen LogP contribution in [0.15, 0.2) is 24.3 Å². The molecule has 16 heavy (non-hydrogen) atoms. The van der Waals surface area contributed by atoms with Crippen molar-refractivity contribution >= 4 is 15.7 Å². The van der Waals surface area contributed by atoms with Crippen molar-refractivity contribution in [1.29, 1.82) is 0 Å². The summed E-state index contributed by atoms with van der Waals surface area (Å²) in [7, 11) is -0.114. The number of rotatable bonds is 6. The normalized spacial score (nSPS) is 11.1. The Bertz CT molecular complexity index is 431. The molecule has 1 aromatic carbocycles. The Hall–Kier alpha value is -1.27. The number of para-hydroxylation sites is 2. The number of sulfonamides is 1. The molecule has 0 aliphatic carbocycles. The summed E-state index contributed by atoms with van der Waals surface area (Å²) in [5.74, 6) is 0.539. The molecule has 1 rings (SSSR count). The van der Waals surface area contributed by atoms with Crippen LogP contribution in [-0.2, 0) is 10.0 Å². The van der Waals surface area contributed by atoms with E-state index in [-0.39, 0.29) is 5.75 Å². The molecule has 2 N–H and O–H groups in total. The van der Waals surface area contributed by atoms with Gasteiger partial charge in [-0.1, -0.05) is 12.1 Å². The van der Waals surface area contributed by atoms with Crippen molar-refractivity contribution < 1.29 is 13.2 Å². The van der Waals surface area contributed by atoms with E-state index in [4.69, 9.17) is 4.74 Å². The molecular formula is C10H16N2O3S. The molecule has 0 heterocycles. The summed E-state index contributed by atoms with van der Waals surface area (Å²) in [5.41, 5.74) is 0.459. The van der Waals surface area contributed by atoms with Gasteiger partial charge in [0.25, 0.3) is 0 Å².